The minimum Gasteiger partial charge on any atom is -0.430 e. The van der Waals surface area contributed by atoms with E-state index in [0.717, 1.165) is 30.5 Å². The minimum absolute atomic E-state index is 0.227. The number of anilines is 1. The van der Waals surface area contributed by atoms with E-state index < -0.39 is 7.69 Å². The maximum atomic E-state index is 10.1. The molecule has 1 unspecified atom stereocenters. The Morgan fingerprint density at radius 3 is 1.81 bits per heavy atom. The van der Waals surface area contributed by atoms with Crippen molar-refractivity contribution in [3.8, 4) is 0 Å². The Morgan fingerprint density at radius 1 is 0.852 bits per heavy atom. The van der Waals surface area contributed by atoms with Crippen LogP contribution in [0.5, 0.6) is 0 Å². The predicted octanol–water partition coefficient (Wildman–Crippen LogP) is 4.50. The Bertz CT molecular complexity index is 432. The molecule has 27 heavy (non-hydrogen) atoms. The third-order valence-corrected chi connectivity index (χ3v) is 4.81. The number of benzene rings is 1. The van der Waals surface area contributed by atoms with Crippen molar-refractivity contribution in [2.45, 2.75) is 103 Å². The van der Waals surface area contributed by atoms with Gasteiger partial charge in [-0.05, 0) is 30.5 Å². The van der Waals surface area contributed by atoms with E-state index in [9.17, 15) is 5.11 Å². The molecule has 1 aromatic carbocycles. The molecule has 0 aliphatic heterocycles. The Balaban J connectivity index is 0.00000210. The molecule has 1 atom stereocenters. The third-order valence-electron chi connectivity index (χ3n) is 4.81. The third kappa shape index (κ3) is 18.1. The molecule has 1 rings (SSSR count). The maximum absolute atomic E-state index is 10.1. The van der Waals surface area contributed by atoms with Gasteiger partial charge in [-0.25, -0.2) is 0 Å². The average Bonchev–Trinajstić information content (AvgIpc) is 2.63. The fourth-order valence-corrected chi connectivity index (χ4v) is 3.32. The first kappa shape index (κ1) is 26.0. The highest BCUT2D eigenvalue weighted by Gasteiger charge is 2.05. The Labute approximate surface area is 167 Å². The Hall–Kier alpha value is -1.04. The van der Waals surface area contributed by atoms with Crippen LogP contribution in [0.25, 0.3) is 0 Å². The molecule has 4 nitrogen and oxygen atoms in total. The summed E-state index contributed by atoms with van der Waals surface area (Å²) in [6, 6.07) is 7.86. The molecule has 0 aromatic heterocycles. The van der Waals surface area contributed by atoms with Crippen LogP contribution in [0.2, 0.25) is 0 Å². The van der Waals surface area contributed by atoms with Crippen LogP contribution < -0.4 is 5.73 Å². The highest BCUT2D eigenvalue weighted by Crippen LogP contribution is 2.15. The van der Waals surface area contributed by atoms with Gasteiger partial charge in [-0.2, -0.15) is 0 Å². The highest BCUT2D eigenvalue weighted by molar-refractivity contribution is 6.13. The van der Waals surface area contributed by atoms with Gasteiger partial charge < -0.3 is 20.9 Å². The van der Waals surface area contributed by atoms with Crippen LogP contribution in [0, 0.1) is 0 Å². The number of hydrogen-bond acceptors (Lipinski definition) is 4. The van der Waals surface area contributed by atoms with E-state index in [1.807, 2.05) is 24.3 Å². The lowest BCUT2D eigenvalue weighted by Gasteiger charge is -2.11. The lowest BCUT2D eigenvalue weighted by Crippen LogP contribution is -2.10. The number of aliphatic hydroxyl groups excluding tert-OH is 1. The van der Waals surface area contributed by atoms with E-state index in [1.54, 1.807) is 0 Å². The molecule has 0 heterocycles. The van der Waals surface area contributed by atoms with Crippen molar-refractivity contribution in [1.29, 1.82) is 0 Å². The first-order valence-corrected chi connectivity index (χ1v) is 10.9. The van der Waals surface area contributed by atoms with E-state index in [-0.39, 0.29) is 6.10 Å². The summed E-state index contributed by atoms with van der Waals surface area (Å²) in [6.07, 6.45) is 17.7. The second-order valence-corrected chi connectivity index (χ2v) is 7.42. The molecule has 0 spiro atoms. The molecule has 156 valence electrons. The number of hydrogen-bond donors (Lipinski definition) is 4. The van der Waals surface area contributed by atoms with Crippen molar-refractivity contribution >= 4 is 13.4 Å². The summed E-state index contributed by atoms with van der Waals surface area (Å²) in [5, 5.41) is 24.4. The largest absolute Gasteiger partial charge is 0.432 e. The van der Waals surface area contributed by atoms with E-state index in [4.69, 9.17) is 15.8 Å². The van der Waals surface area contributed by atoms with E-state index in [1.165, 1.54) is 70.6 Å². The van der Waals surface area contributed by atoms with Crippen LogP contribution in [0.15, 0.2) is 24.3 Å². The number of nitrogens with two attached hydrogens (primary N) is 1. The van der Waals surface area contributed by atoms with Gasteiger partial charge in [0, 0.05) is 5.69 Å². The highest BCUT2D eigenvalue weighted by atomic mass is 16.4. The Kier molecular flexibility index (Phi) is 19.0. The summed E-state index contributed by atoms with van der Waals surface area (Å²) >= 11 is 0. The summed E-state index contributed by atoms with van der Waals surface area (Å²) in [6.45, 7) is 2.27. The van der Waals surface area contributed by atoms with Gasteiger partial charge in [-0.3, -0.25) is 0 Å². The van der Waals surface area contributed by atoms with Crippen LogP contribution in [0.1, 0.15) is 96.0 Å². The fourth-order valence-electron chi connectivity index (χ4n) is 3.32. The SMILES string of the molecule is CCCCCCCCCCCCCCC(O)Cc1cccc(N)c1.OBO. The number of unbranched alkanes of at least 4 members (excludes halogenated alkanes) is 11. The average molecular weight is 379 g/mol. The summed E-state index contributed by atoms with van der Waals surface area (Å²) in [4.78, 5) is 0. The summed E-state index contributed by atoms with van der Waals surface area (Å²) in [7, 11) is -0.750. The van der Waals surface area contributed by atoms with Crippen molar-refractivity contribution in [3.63, 3.8) is 0 Å². The van der Waals surface area contributed by atoms with Gasteiger partial charge in [0.05, 0.1) is 6.10 Å². The molecule has 0 aliphatic carbocycles. The van der Waals surface area contributed by atoms with Crippen LogP contribution >= 0.6 is 0 Å². The molecule has 5 heteroatoms. The maximum Gasteiger partial charge on any atom is 0.432 e. The van der Waals surface area contributed by atoms with Gasteiger partial charge in [-0.1, -0.05) is 96.1 Å². The predicted molar refractivity (Wildman–Crippen MR) is 118 cm³/mol. The van der Waals surface area contributed by atoms with Crippen LogP contribution in [-0.4, -0.2) is 28.9 Å². The molecule has 0 bridgehead atoms. The van der Waals surface area contributed by atoms with Crippen molar-refractivity contribution in [2.75, 3.05) is 5.73 Å². The quantitative estimate of drug-likeness (QED) is 0.205. The van der Waals surface area contributed by atoms with E-state index >= 15 is 0 Å². The lowest BCUT2D eigenvalue weighted by atomic mass is 10.0. The second-order valence-electron chi connectivity index (χ2n) is 7.42. The minimum atomic E-state index is -0.750. The molecule has 0 radical (unpaired) electrons. The van der Waals surface area contributed by atoms with Gasteiger partial charge in [-0.15, -0.1) is 0 Å². The fraction of sp³-hybridized carbons (Fsp3) is 0.727. The van der Waals surface area contributed by atoms with Crippen molar-refractivity contribution < 1.29 is 15.2 Å². The molecular formula is C22H42BNO3. The number of nitrogen functional groups attached to an aromatic ring is 1. The van der Waals surface area contributed by atoms with Gasteiger partial charge in [0.1, 0.15) is 0 Å². The summed E-state index contributed by atoms with van der Waals surface area (Å²) < 4.78 is 0. The first-order chi connectivity index (χ1) is 13.1. The van der Waals surface area contributed by atoms with E-state index in [2.05, 4.69) is 6.92 Å². The normalized spacial score (nSPS) is 11.6. The summed E-state index contributed by atoms with van der Waals surface area (Å²) in [5.74, 6) is 0. The van der Waals surface area contributed by atoms with Crippen LogP contribution in [-0.2, 0) is 6.42 Å². The van der Waals surface area contributed by atoms with Gasteiger partial charge >= 0.3 is 7.69 Å². The summed E-state index contributed by atoms with van der Waals surface area (Å²) in [5.41, 5.74) is 7.70. The van der Waals surface area contributed by atoms with Gasteiger partial charge in [0.2, 0.25) is 0 Å². The van der Waals surface area contributed by atoms with Crippen molar-refractivity contribution in [3.05, 3.63) is 29.8 Å². The lowest BCUT2D eigenvalue weighted by molar-refractivity contribution is 0.161. The molecule has 1 aromatic rings. The molecule has 0 saturated heterocycles. The smallest absolute Gasteiger partial charge is 0.430 e. The molecule has 5 N–H and O–H groups in total. The van der Waals surface area contributed by atoms with Crippen LogP contribution in [0.3, 0.4) is 0 Å². The zero-order chi connectivity index (χ0) is 20.2. The monoisotopic (exact) mass is 379 g/mol. The number of aliphatic hydroxyl groups is 1. The van der Waals surface area contributed by atoms with Crippen LogP contribution in [0.4, 0.5) is 5.69 Å². The first-order valence-electron chi connectivity index (χ1n) is 10.9. The molecule has 0 saturated carbocycles. The zero-order valence-corrected chi connectivity index (χ0v) is 17.4. The van der Waals surface area contributed by atoms with Crippen molar-refractivity contribution in [2.24, 2.45) is 0 Å². The van der Waals surface area contributed by atoms with Crippen molar-refractivity contribution in [1.82, 2.24) is 0 Å². The van der Waals surface area contributed by atoms with E-state index in [0.29, 0.717) is 0 Å². The van der Waals surface area contributed by atoms with Gasteiger partial charge in [0.25, 0.3) is 0 Å². The number of rotatable bonds is 15. The Morgan fingerprint density at radius 2 is 1.33 bits per heavy atom. The molecule has 0 aliphatic rings. The zero-order valence-electron chi connectivity index (χ0n) is 17.4. The molecule has 0 amide bonds. The second kappa shape index (κ2) is 19.7. The molecule has 0 fully saturated rings. The standard InChI is InChI=1S/C22H39NO.BH3O2/c1-2-3-4-5-6-7-8-9-10-11-12-13-17-22(24)19-20-15-14-16-21(23)18-20;2-1-3/h14-16,18,22,24H,2-13,17,19,23H2,1H3;1-3H. The van der Waals surface area contributed by atoms with Gasteiger partial charge in [0.15, 0.2) is 0 Å². The topological polar surface area (TPSA) is 86.7 Å². The molecular weight excluding hydrogens is 337 g/mol.